The van der Waals surface area contributed by atoms with E-state index in [4.69, 9.17) is 4.52 Å². The van der Waals surface area contributed by atoms with Crippen molar-refractivity contribution in [3.05, 3.63) is 39.4 Å². The predicted octanol–water partition coefficient (Wildman–Crippen LogP) is 4.23. The highest BCUT2D eigenvalue weighted by atomic mass is 127. The van der Waals surface area contributed by atoms with Crippen molar-refractivity contribution in [1.29, 1.82) is 0 Å². The van der Waals surface area contributed by atoms with Gasteiger partial charge < -0.3 is 15.2 Å². The van der Waals surface area contributed by atoms with E-state index >= 15 is 0 Å². The van der Waals surface area contributed by atoms with E-state index in [-0.39, 0.29) is 24.0 Å². The first-order valence-corrected chi connectivity index (χ1v) is 11.2. The molecule has 0 aliphatic carbocycles. The molecule has 0 radical (unpaired) electrons. The maximum atomic E-state index is 5.47. The molecule has 0 amide bonds. The van der Waals surface area contributed by atoms with Crippen molar-refractivity contribution < 1.29 is 4.52 Å². The Hall–Kier alpha value is -1.13. The topological polar surface area (TPSA) is 65.7 Å². The number of halogens is 1. The molecule has 2 N–H and O–H groups in total. The summed E-state index contributed by atoms with van der Waals surface area (Å²) in [6.45, 7) is 6.98. The third-order valence-corrected chi connectivity index (χ3v) is 6.58. The van der Waals surface area contributed by atoms with Crippen LogP contribution in [0.15, 0.2) is 27.0 Å². The van der Waals surface area contributed by atoms with E-state index in [0.717, 1.165) is 36.8 Å². The van der Waals surface area contributed by atoms with Crippen molar-refractivity contribution in [2.24, 2.45) is 10.9 Å². The Bertz CT molecular complexity index is 740. The first-order valence-electron chi connectivity index (χ1n) is 10.3. The molecule has 162 valence electrons. The SMILES string of the molecule is CCc1noc(CC)c1CNC(=NC)NCC1CCCN(C)C1c1cccs1.I. The van der Waals surface area contributed by atoms with Gasteiger partial charge >= 0.3 is 0 Å². The number of hydrogen-bond acceptors (Lipinski definition) is 5. The van der Waals surface area contributed by atoms with Gasteiger partial charge in [-0.3, -0.25) is 9.89 Å². The first kappa shape index (κ1) is 24.1. The molecule has 3 heterocycles. The lowest BCUT2D eigenvalue weighted by atomic mass is 9.88. The summed E-state index contributed by atoms with van der Waals surface area (Å²) in [6, 6.07) is 4.90. The number of thiophene rings is 1. The summed E-state index contributed by atoms with van der Waals surface area (Å²) >= 11 is 1.86. The van der Waals surface area contributed by atoms with Crippen LogP contribution >= 0.6 is 35.3 Å². The standard InChI is InChI=1S/C21H33N5OS.HI/c1-5-17-16(18(6-2)27-25-17)14-24-21(22-3)23-13-15-9-7-11-26(4)20(15)19-10-8-12-28-19;/h8,10,12,15,20H,5-7,9,11,13-14H2,1-4H3,(H2,22,23,24);1H. The molecule has 3 rings (SSSR count). The third-order valence-electron chi connectivity index (χ3n) is 5.64. The largest absolute Gasteiger partial charge is 0.361 e. The number of rotatable bonds is 7. The summed E-state index contributed by atoms with van der Waals surface area (Å²) in [5.41, 5.74) is 2.20. The molecule has 6 nitrogen and oxygen atoms in total. The zero-order valence-electron chi connectivity index (χ0n) is 17.9. The van der Waals surface area contributed by atoms with Crippen molar-refractivity contribution >= 4 is 41.3 Å². The molecule has 1 saturated heterocycles. The molecule has 0 bridgehead atoms. The Morgan fingerprint density at radius 3 is 2.83 bits per heavy atom. The van der Waals surface area contributed by atoms with E-state index in [9.17, 15) is 0 Å². The Balaban J connectivity index is 0.00000300. The van der Waals surface area contributed by atoms with Crippen molar-refractivity contribution in [3.8, 4) is 0 Å². The van der Waals surface area contributed by atoms with Crippen LogP contribution in [-0.4, -0.2) is 43.2 Å². The number of aromatic nitrogens is 1. The average Bonchev–Trinajstić information content (AvgIpc) is 3.37. The van der Waals surface area contributed by atoms with Crippen LogP contribution in [0.5, 0.6) is 0 Å². The highest BCUT2D eigenvalue weighted by Gasteiger charge is 2.31. The number of likely N-dealkylation sites (tertiary alicyclic amines) is 1. The molecule has 2 unspecified atom stereocenters. The number of piperidine rings is 1. The zero-order valence-corrected chi connectivity index (χ0v) is 21.0. The summed E-state index contributed by atoms with van der Waals surface area (Å²) in [6.07, 6.45) is 4.22. The van der Waals surface area contributed by atoms with Crippen molar-refractivity contribution in [2.45, 2.75) is 52.1 Å². The maximum absolute atomic E-state index is 5.47. The minimum atomic E-state index is 0. The number of aryl methyl sites for hydroxylation is 2. The van der Waals surface area contributed by atoms with Gasteiger partial charge in [0.2, 0.25) is 0 Å². The van der Waals surface area contributed by atoms with Crippen LogP contribution in [0.25, 0.3) is 0 Å². The van der Waals surface area contributed by atoms with Crippen molar-refractivity contribution in [1.82, 2.24) is 20.7 Å². The van der Waals surface area contributed by atoms with Crippen molar-refractivity contribution in [3.63, 3.8) is 0 Å². The Kier molecular flexibility index (Phi) is 9.91. The van der Waals surface area contributed by atoms with Gasteiger partial charge in [0.05, 0.1) is 5.69 Å². The molecule has 0 aromatic carbocycles. The second-order valence-electron chi connectivity index (χ2n) is 7.39. The number of hydrogen-bond donors (Lipinski definition) is 2. The van der Waals surface area contributed by atoms with Gasteiger partial charge in [-0.05, 0) is 50.2 Å². The minimum Gasteiger partial charge on any atom is -0.361 e. The van der Waals surface area contributed by atoms with Gasteiger partial charge in [0, 0.05) is 43.0 Å². The molecular weight excluding hydrogens is 497 g/mol. The normalized spacial score (nSPS) is 20.3. The smallest absolute Gasteiger partial charge is 0.191 e. The monoisotopic (exact) mass is 531 g/mol. The van der Waals surface area contributed by atoms with Crippen LogP contribution in [0.4, 0.5) is 0 Å². The average molecular weight is 532 g/mol. The molecule has 2 aromatic rings. The summed E-state index contributed by atoms with van der Waals surface area (Å²) in [7, 11) is 4.07. The van der Waals surface area contributed by atoms with E-state index in [0.29, 0.717) is 18.5 Å². The van der Waals surface area contributed by atoms with E-state index in [1.165, 1.54) is 29.8 Å². The van der Waals surface area contributed by atoms with Crippen LogP contribution in [0.3, 0.4) is 0 Å². The fraction of sp³-hybridized carbons (Fsp3) is 0.619. The van der Waals surface area contributed by atoms with Gasteiger partial charge in [0.15, 0.2) is 5.96 Å². The highest BCUT2D eigenvalue weighted by Crippen LogP contribution is 2.36. The Labute approximate surface area is 195 Å². The summed E-state index contributed by atoms with van der Waals surface area (Å²) in [5, 5.41) is 13.4. The zero-order chi connectivity index (χ0) is 19.9. The molecule has 0 spiro atoms. The van der Waals surface area contributed by atoms with Crippen LogP contribution in [0.2, 0.25) is 0 Å². The molecular formula is C21H34IN5OS. The number of nitrogens with one attached hydrogen (secondary N) is 2. The fourth-order valence-corrected chi connectivity index (χ4v) is 5.12. The van der Waals surface area contributed by atoms with Crippen LogP contribution in [0, 0.1) is 5.92 Å². The Morgan fingerprint density at radius 1 is 1.34 bits per heavy atom. The van der Waals surface area contributed by atoms with Gasteiger partial charge in [-0.25, -0.2) is 0 Å². The van der Waals surface area contributed by atoms with Crippen LogP contribution in [-0.2, 0) is 19.4 Å². The second-order valence-corrected chi connectivity index (χ2v) is 8.37. The summed E-state index contributed by atoms with van der Waals surface area (Å²) in [4.78, 5) is 8.38. The molecule has 1 aliphatic heterocycles. The van der Waals surface area contributed by atoms with E-state index in [1.807, 2.05) is 18.4 Å². The first-order chi connectivity index (χ1) is 13.7. The highest BCUT2D eigenvalue weighted by molar-refractivity contribution is 14.0. The van der Waals surface area contributed by atoms with Gasteiger partial charge in [-0.1, -0.05) is 25.1 Å². The molecule has 2 atom stereocenters. The predicted molar refractivity (Wildman–Crippen MR) is 131 cm³/mol. The van der Waals surface area contributed by atoms with Crippen LogP contribution in [0.1, 0.15) is 54.6 Å². The van der Waals surface area contributed by atoms with Crippen LogP contribution < -0.4 is 10.6 Å². The lowest BCUT2D eigenvalue weighted by molar-refractivity contribution is 0.125. The third kappa shape index (κ3) is 5.95. The van der Waals surface area contributed by atoms with E-state index in [2.05, 4.69) is 64.1 Å². The maximum Gasteiger partial charge on any atom is 0.191 e. The minimum absolute atomic E-state index is 0. The lowest BCUT2D eigenvalue weighted by Gasteiger charge is -2.39. The molecule has 1 aliphatic rings. The Morgan fingerprint density at radius 2 is 2.17 bits per heavy atom. The molecule has 1 fully saturated rings. The molecule has 29 heavy (non-hydrogen) atoms. The number of aliphatic imine (C=N–C) groups is 1. The second kappa shape index (κ2) is 11.9. The van der Waals surface area contributed by atoms with Gasteiger partial charge in [0.25, 0.3) is 0 Å². The van der Waals surface area contributed by atoms with Gasteiger partial charge in [-0.15, -0.1) is 35.3 Å². The van der Waals surface area contributed by atoms with Gasteiger partial charge in [0.1, 0.15) is 5.76 Å². The van der Waals surface area contributed by atoms with Gasteiger partial charge in [-0.2, -0.15) is 0 Å². The fourth-order valence-electron chi connectivity index (χ4n) is 4.14. The lowest BCUT2D eigenvalue weighted by Crippen LogP contribution is -2.44. The van der Waals surface area contributed by atoms with E-state index in [1.54, 1.807) is 0 Å². The van der Waals surface area contributed by atoms with E-state index < -0.39 is 0 Å². The summed E-state index contributed by atoms with van der Waals surface area (Å²) in [5.74, 6) is 2.37. The summed E-state index contributed by atoms with van der Waals surface area (Å²) < 4.78 is 5.47. The quantitative estimate of drug-likeness (QED) is 0.318. The number of nitrogens with zero attached hydrogens (tertiary/aromatic N) is 3. The van der Waals surface area contributed by atoms with Crippen molar-refractivity contribution in [2.75, 3.05) is 27.2 Å². The molecule has 2 aromatic heterocycles. The molecule has 0 saturated carbocycles. The molecule has 8 heteroatoms. The number of guanidine groups is 1.